The number of rotatable bonds is 3. The van der Waals surface area contributed by atoms with Gasteiger partial charge in [0.2, 0.25) is 11.8 Å². The van der Waals surface area contributed by atoms with Crippen LogP contribution >= 0.6 is 0 Å². The van der Waals surface area contributed by atoms with Crippen molar-refractivity contribution >= 4 is 11.8 Å². The highest BCUT2D eigenvalue weighted by molar-refractivity contribution is 5.99. The second-order valence-corrected chi connectivity index (χ2v) is 6.10. The van der Waals surface area contributed by atoms with Gasteiger partial charge >= 0.3 is 0 Å². The Hall–Kier alpha value is -1.85. The molecular weight excluding hydrogens is 256 g/mol. The Balaban J connectivity index is 2.21. The molecule has 110 valence electrons. The van der Waals surface area contributed by atoms with Gasteiger partial charge in [0.05, 0.1) is 12.2 Å². The van der Waals surface area contributed by atoms with E-state index in [4.69, 9.17) is 0 Å². The fraction of sp³-hybridized carbons (Fsp3) is 0.643. The van der Waals surface area contributed by atoms with Gasteiger partial charge < -0.3 is 10.2 Å². The van der Waals surface area contributed by atoms with Crippen molar-refractivity contribution in [1.29, 1.82) is 0 Å². The van der Waals surface area contributed by atoms with Gasteiger partial charge in [0, 0.05) is 12.2 Å². The third-order valence-electron chi connectivity index (χ3n) is 3.60. The predicted molar refractivity (Wildman–Crippen MR) is 74.8 cm³/mol. The fourth-order valence-corrected chi connectivity index (χ4v) is 2.27. The van der Waals surface area contributed by atoms with Crippen molar-refractivity contribution < 1.29 is 9.59 Å². The molecule has 1 atom stereocenters. The lowest BCUT2D eigenvalue weighted by Crippen LogP contribution is -2.67. The summed E-state index contributed by atoms with van der Waals surface area (Å²) >= 11 is 0. The number of piperazine rings is 1. The molecular formula is C14H22N4O2. The monoisotopic (exact) mass is 278 g/mol. The van der Waals surface area contributed by atoms with Crippen LogP contribution in [0.15, 0.2) is 12.3 Å². The van der Waals surface area contributed by atoms with Gasteiger partial charge in [-0.25, -0.2) is 0 Å². The van der Waals surface area contributed by atoms with Crippen molar-refractivity contribution in [3.63, 3.8) is 0 Å². The maximum absolute atomic E-state index is 12.4. The van der Waals surface area contributed by atoms with Gasteiger partial charge in [-0.3, -0.25) is 14.3 Å². The first kappa shape index (κ1) is 14.6. The van der Waals surface area contributed by atoms with Crippen molar-refractivity contribution in [3.8, 4) is 0 Å². The van der Waals surface area contributed by atoms with Crippen LogP contribution in [0.25, 0.3) is 0 Å². The predicted octanol–water partition coefficient (Wildman–Crippen LogP) is 1.09. The number of hydrogen-bond donors (Lipinski definition) is 1. The van der Waals surface area contributed by atoms with Crippen LogP contribution in [0.1, 0.15) is 46.4 Å². The standard InChI is InChI=1S/C14H22N4O2/c1-9(2)18-7-6-11(16-18)8-17-10(3)12(19)15-14(4,5)13(17)20/h6-7,9-10H,8H2,1-5H3,(H,15,19). The molecule has 0 aliphatic carbocycles. The van der Waals surface area contributed by atoms with E-state index in [1.807, 2.05) is 30.8 Å². The van der Waals surface area contributed by atoms with Crippen LogP contribution in [0.4, 0.5) is 0 Å². The molecule has 0 spiro atoms. The number of carbonyl (C=O) groups is 2. The number of nitrogens with one attached hydrogen (secondary N) is 1. The molecule has 1 unspecified atom stereocenters. The summed E-state index contributed by atoms with van der Waals surface area (Å²) in [6.07, 6.45) is 1.89. The molecule has 6 heteroatoms. The second-order valence-electron chi connectivity index (χ2n) is 6.10. The highest BCUT2D eigenvalue weighted by Gasteiger charge is 2.43. The Morgan fingerprint density at radius 2 is 2.05 bits per heavy atom. The molecule has 1 fully saturated rings. The summed E-state index contributed by atoms with van der Waals surface area (Å²) < 4.78 is 1.85. The van der Waals surface area contributed by atoms with Crippen molar-refractivity contribution in [3.05, 3.63) is 18.0 Å². The first-order valence-corrected chi connectivity index (χ1v) is 6.89. The maximum Gasteiger partial charge on any atom is 0.248 e. The molecule has 2 rings (SSSR count). The Morgan fingerprint density at radius 3 is 2.60 bits per heavy atom. The molecule has 1 N–H and O–H groups in total. The maximum atomic E-state index is 12.4. The van der Waals surface area contributed by atoms with E-state index in [0.717, 1.165) is 5.69 Å². The SMILES string of the molecule is CC1C(=O)NC(C)(C)C(=O)N1Cc1ccn(C(C)C)n1. The zero-order valence-corrected chi connectivity index (χ0v) is 12.7. The van der Waals surface area contributed by atoms with Gasteiger partial charge in [-0.05, 0) is 40.7 Å². The number of nitrogens with zero attached hydrogens (tertiary/aromatic N) is 3. The summed E-state index contributed by atoms with van der Waals surface area (Å²) in [5, 5.41) is 7.18. The molecule has 20 heavy (non-hydrogen) atoms. The van der Waals surface area contributed by atoms with E-state index in [0.29, 0.717) is 6.54 Å². The van der Waals surface area contributed by atoms with Crippen LogP contribution < -0.4 is 5.32 Å². The average molecular weight is 278 g/mol. The normalized spacial score (nSPS) is 22.3. The smallest absolute Gasteiger partial charge is 0.248 e. The summed E-state index contributed by atoms with van der Waals surface area (Å²) in [5.41, 5.74) is -0.0612. The minimum absolute atomic E-state index is 0.0799. The first-order chi connectivity index (χ1) is 9.22. The summed E-state index contributed by atoms with van der Waals surface area (Å²) in [6, 6.07) is 1.69. The van der Waals surface area contributed by atoms with Crippen molar-refractivity contribution in [2.75, 3.05) is 0 Å². The number of amides is 2. The molecule has 0 aromatic carbocycles. The highest BCUT2D eigenvalue weighted by Crippen LogP contribution is 2.20. The van der Waals surface area contributed by atoms with Gasteiger partial charge in [0.25, 0.3) is 0 Å². The second kappa shape index (κ2) is 4.92. The first-order valence-electron chi connectivity index (χ1n) is 6.89. The molecule has 2 heterocycles. The molecule has 0 saturated carbocycles. The van der Waals surface area contributed by atoms with Crippen LogP contribution in [0, 0.1) is 0 Å². The quantitative estimate of drug-likeness (QED) is 0.900. The van der Waals surface area contributed by atoms with Crippen molar-refractivity contribution in [1.82, 2.24) is 20.0 Å². The number of aromatic nitrogens is 2. The van der Waals surface area contributed by atoms with Crippen LogP contribution in [0.3, 0.4) is 0 Å². The molecule has 1 aromatic heterocycles. The highest BCUT2D eigenvalue weighted by atomic mass is 16.2. The lowest BCUT2D eigenvalue weighted by Gasteiger charge is -2.41. The summed E-state index contributed by atoms with van der Waals surface area (Å²) in [5.74, 6) is -0.207. The van der Waals surface area contributed by atoms with Gasteiger partial charge in [0.15, 0.2) is 0 Å². The lowest BCUT2D eigenvalue weighted by molar-refractivity contribution is -0.153. The Morgan fingerprint density at radius 1 is 1.40 bits per heavy atom. The zero-order valence-electron chi connectivity index (χ0n) is 12.7. The Labute approximate surface area is 119 Å². The number of hydrogen-bond acceptors (Lipinski definition) is 3. The largest absolute Gasteiger partial charge is 0.340 e. The molecule has 1 aromatic rings. The lowest BCUT2D eigenvalue weighted by atomic mass is 9.97. The molecule has 0 bridgehead atoms. The van der Waals surface area contributed by atoms with Crippen molar-refractivity contribution in [2.45, 2.75) is 58.8 Å². The minimum Gasteiger partial charge on any atom is -0.340 e. The summed E-state index contributed by atoms with van der Waals surface area (Å²) in [6.45, 7) is 9.63. The molecule has 0 radical (unpaired) electrons. The van der Waals surface area contributed by atoms with Crippen LogP contribution in [0.2, 0.25) is 0 Å². The third-order valence-corrected chi connectivity index (χ3v) is 3.60. The zero-order chi connectivity index (χ0) is 15.1. The Kier molecular flexibility index (Phi) is 3.58. The van der Waals surface area contributed by atoms with Gasteiger partial charge in [0.1, 0.15) is 11.6 Å². The summed E-state index contributed by atoms with van der Waals surface area (Å²) in [4.78, 5) is 26.0. The van der Waals surface area contributed by atoms with E-state index in [1.165, 1.54) is 0 Å². The van der Waals surface area contributed by atoms with Gasteiger partial charge in [-0.2, -0.15) is 5.10 Å². The molecule has 1 aliphatic heterocycles. The van der Waals surface area contributed by atoms with E-state index in [1.54, 1.807) is 25.7 Å². The van der Waals surface area contributed by atoms with Crippen molar-refractivity contribution in [2.24, 2.45) is 0 Å². The average Bonchev–Trinajstić information content (AvgIpc) is 2.81. The minimum atomic E-state index is -0.857. The van der Waals surface area contributed by atoms with Gasteiger partial charge in [-0.15, -0.1) is 0 Å². The fourth-order valence-electron chi connectivity index (χ4n) is 2.27. The van der Waals surface area contributed by atoms with E-state index in [9.17, 15) is 9.59 Å². The van der Waals surface area contributed by atoms with E-state index >= 15 is 0 Å². The summed E-state index contributed by atoms with van der Waals surface area (Å²) in [7, 11) is 0. The van der Waals surface area contributed by atoms with E-state index in [2.05, 4.69) is 10.4 Å². The van der Waals surface area contributed by atoms with Gasteiger partial charge in [-0.1, -0.05) is 0 Å². The third kappa shape index (κ3) is 2.55. The molecule has 1 aliphatic rings. The van der Waals surface area contributed by atoms with E-state index in [-0.39, 0.29) is 17.9 Å². The molecule has 2 amide bonds. The Bertz CT molecular complexity index is 533. The number of carbonyl (C=O) groups excluding carboxylic acids is 2. The topological polar surface area (TPSA) is 67.2 Å². The van der Waals surface area contributed by atoms with Crippen LogP contribution in [-0.2, 0) is 16.1 Å². The van der Waals surface area contributed by atoms with Crippen LogP contribution in [-0.4, -0.2) is 38.1 Å². The van der Waals surface area contributed by atoms with Crippen LogP contribution in [0.5, 0.6) is 0 Å². The van der Waals surface area contributed by atoms with E-state index < -0.39 is 11.6 Å². The molecule has 1 saturated heterocycles. The molecule has 6 nitrogen and oxygen atoms in total.